The molecule has 2 nitrogen and oxygen atoms in total. The predicted octanol–water partition coefficient (Wildman–Crippen LogP) is 1.15. The highest BCUT2D eigenvalue weighted by Crippen LogP contribution is 2.57. The van der Waals surface area contributed by atoms with Crippen LogP contribution in [0.5, 0.6) is 0 Å². The standard InChI is InChI=1S/C11H14O2/c1-11(13)5-8(12)9-6-2-3-7(4-6)10(9)11/h2-3,6-7,9-10,13H,4-5H2,1H3/t6-,7-,9+,10-,11+/m0/s1. The minimum absolute atomic E-state index is 0.144. The molecule has 0 spiro atoms. The van der Waals surface area contributed by atoms with Gasteiger partial charge in [-0.1, -0.05) is 12.2 Å². The Bertz CT molecular complexity index is 303. The maximum absolute atomic E-state index is 11.7. The van der Waals surface area contributed by atoms with Gasteiger partial charge in [-0.15, -0.1) is 0 Å². The van der Waals surface area contributed by atoms with E-state index in [9.17, 15) is 9.90 Å². The van der Waals surface area contributed by atoms with Gasteiger partial charge in [0.05, 0.1) is 5.60 Å². The van der Waals surface area contributed by atoms with Crippen molar-refractivity contribution >= 4 is 5.78 Å². The van der Waals surface area contributed by atoms with Crippen LogP contribution < -0.4 is 0 Å². The van der Waals surface area contributed by atoms with Crippen molar-refractivity contribution in [2.75, 3.05) is 0 Å². The lowest BCUT2D eigenvalue weighted by Gasteiger charge is -2.29. The first-order valence-corrected chi connectivity index (χ1v) is 5.03. The summed E-state index contributed by atoms with van der Waals surface area (Å²) in [6, 6.07) is 0. The number of hydrogen-bond donors (Lipinski definition) is 1. The summed E-state index contributed by atoms with van der Waals surface area (Å²) in [5, 5.41) is 10.1. The molecule has 0 radical (unpaired) electrons. The zero-order valence-corrected chi connectivity index (χ0v) is 7.73. The Morgan fingerprint density at radius 3 is 2.85 bits per heavy atom. The summed E-state index contributed by atoms with van der Waals surface area (Å²) < 4.78 is 0. The first-order valence-electron chi connectivity index (χ1n) is 5.03. The van der Waals surface area contributed by atoms with Crippen molar-refractivity contribution in [1.29, 1.82) is 0 Å². The van der Waals surface area contributed by atoms with E-state index in [0.717, 1.165) is 6.42 Å². The summed E-state index contributed by atoms with van der Waals surface area (Å²) in [7, 11) is 0. The molecule has 3 rings (SSSR count). The van der Waals surface area contributed by atoms with E-state index in [1.54, 1.807) is 0 Å². The molecule has 0 unspecified atom stereocenters. The van der Waals surface area contributed by atoms with Gasteiger partial charge < -0.3 is 5.11 Å². The van der Waals surface area contributed by atoms with E-state index >= 15 is 0 Å². The van der Waals surface area contributed by atoms with Crippen molar-refractivity contribution in [3.63, 3.8) is 0 Å². The number of carbonyl (C=O) groups is 1. The molecule has 3 aliphatic carbocycles. The van der Waals surface area contributed by atoms with Gasteiger partial charge in [-0.25, -0.2) is 0 Å². The number of allylic oxidation sites excluding steroid dienone is 2. The number of ketones is 1. The maximum Gasteiger partial charge on any atom is 0.139 e. The van der Waals surface area contributed by atoms with Crippen LogP contribution in [0.3, 0.4) is 0 Å². The van der Waals surface area contributed by atoms with Gasteiger partial charge in [0, 0.05) is 18.3 Å². The van der Waals surface area contributed by atoms with E-state index in [4.69, 9.17) is 0 Å². The second-order valence-corrected chi connectivity index (χ2v) is 5.00. The van der Waals surface area contributed by atoms with Gasteiger partial charge in [0.15, 0.2) is 0 Å². The Morgan fingerprint density at radius 1 is 1.46 bits per heavy atom. The number of hydrogen-bond acceptors (Lipinski definition) is 2. The van der Waals surface area contributed by atoms with Gasteiger partial charge >= 0.3 is 0 Å². The molecule has 0 saturated heterocycles. The second kappa shape index (κ2) is 2.06. The molecule has 0 heterocycles. The van der Waals surface area contributed by atoms with Crippen LogP contribution in [0.25, 0.3) is 0 Å². The van der Waals surface area contributed by atoms with Gasteiger partial charge in [-0.05, 0) is 25.2 Å². The van der Waals surface area contributed by atoms with Crippen LogP contribution in [0.15, 0.2) is 12.2 Å². The first-order chi connectivity index (χ1) is 6.09. The molecule has 70 valence electrons. The lowest BCUT2D eigenvalue weighted by atomic mass is 9.79. The van der Waals surface area contributed by atoms with Crippen molar-refractivity contribution in [3.05, 3.63) is 12.2 Å². The zero-order valence-electron chi connectivity index (χ0n) is 7.73. The second-order valence-electron chi connectivity index (χ2n) is 5.00. The van der Waals surface area contributed by atoms with E-state index in [2.05, 4.69) is 12.2 Å². The van der Waals surface area contributed by atoms with Gasteiger partial charge in [0.25, 0.3) is 0 Å². The third kappa shape index (κ3) is 0.798. The van der Waals surface area contributed by atoms with Crippen LogP contribution in [-0.2, 0) is 4.79 Å². The van der Waals surface area contributed by atoms with Crippen LogP contribution >= 0.6 is 0 Å². The molecule has 1 N–H and O–H groups in total. The highest BCUT2D eigenvalue weighted by Gasteiger charge is 2.59. The summed E-state index contributed by atoms with van der Waals surface area (Å²) in [6.45, 7) is 1.82. The molecule has 2 heteroatoms. The third-order valence-electron chi connectivity index (χ3n) is 4.08. The molecule has 0 aromatic carbocycles. The Kier molecular flexibility index (Phi) is 1.23. The molecule has 2 fully saturated rings. The summed E-state index contributed by atoms with van der Waals surface area (Å²) in [6.07, 6.45) is 5.83. The fourth-order valence-corrected chi connectivity index (χ4v) is 3.70. The fraction of sp³-hybridized carbons (Fsp3) is 0.727. The molecular weight excluding hydrogens is 164 g/mol. The zero-order chi connectivity index (χ0) is 9.22. The normalized spacial score (nSPS) is 57.5. The molecule has 3 aliphatic rings. The highest BCUT2D eigenvalue weighted by molar-refractivity contribution is 5.86. The van der Waals surface area contributed by atoms with E-state index in [0.29, 0.717) is 18.3 Å². The van der Waals surface area contributed by atoms with Crippen LogP contribution in [0.4, 0.5) is 0 Å². The smallest absolute Gasteiger partial charge is 0.139 e. The van der Waals surface area contributed by atoms with Crippen LogP contribution in [-0.4, -0.2) is 16.5 Å². The van der Waals surface area contributed by atoms with Gasteiger partial charge in [-0.2, -0.15) is 0 Å². The number of rotatable bonds is 0. The Balaban J connectivity index is 2.06. The lowest BCUT2D eigenvalue weighted by molar-refractivity contribution is -0.122. The first kappa shape index (κ1) is 7.74. The van der Waals surface area contributed by atoms with E-state index in [1.165, 1.54) is 0 Å². The molecule has 2 saturated carbocycles. The van der Waals surface area contributed by atoms with E-state index in [-0.39, 0.29) is 17.6 Å². The SMILES string of the molecule is C[C@@]1(O)CC(=O)[C@@H]2[C@@H]1[C@H]1C=C[C@H]2C1. The average molecular weight is 178 g/mol. The quantitative estimate of drug-likeness (QED) is 0.565. The molecule has 13 heavy (non-hydrogen) atoms. The summed E-state index contributed by atoms with van der Waals surface area (Å²) in [4.78, 5) is 11.7. The fourth-order valence-electron chi connectivity index (χ4n) is 3.70. The minimum Gasteiger partial charge on any atom is -0.389 e. The van der Waals surface area contributed by atoms with Crippen molar-refractivity contribution in [1.82, 2.24) is 0 Å². The molecule has 2 bridgehead atoms. The van der Waals surface area contributed by atoms with Crippen molar-refractivity contribution in [3.8, 4) is 0 Å². The Labute approximate surface area is 77.6 Å². The van der Waals surface area contributed by atoms with E-state index < -0.39 is 5.60 Å². The third-order valence-corrected chi connectivity index (χ3v) is 4.08. The Hall–Kier alpha value is -0.630. The van der Waals surface area contributed by atoms with Gasteiger partial charge in [-0.3, -0.25) is 4.79 Å². The summed E-state index contributed by atoms with van der Waals surface area (Å²) >= 11 is 0. The molecular formula is C11H14O2. The number of Topliss-reactive ketones (excluding diaryl/α,β-unsaturated/α-hetero) is 1. The predicted molar refractivity (Wildman–Crippen MR) is 48.0 cm³/mol. The molecule has 0 aromatic heterocycles. The molecule has 5 atom stereocenters. The summed E-state index contributed by atoms with van der Waals surface area (Å²) in [5.41, 5.74) is -0.730. The number of carbonyl (C=O) groups excluding carboxylic acids is 1. The monoisotopic (exact) mass is 178 g/mol. The number of aliphatic hydroxyl groups is 1. The number of fused-ring (bicyclic) bond motifs is 5. The largest absolute Gasteiger partial charge is 0.389 e. The van der Waals surface area contributed by atoms with Crippen LogP contribution in [0.1, 0.15) is 19.8 Å². The minimum atomic E-state index is -0.730. The summed E-state index contributed by atoms with van der Waals surface area (Å²) in [5.74, 6) is 1.56. The lowest BCUT2D eigenvalue weighted by Crippen LogP contribution is -2.34. The molecule has 0 aromatic rings. The van der Waals surface area contributed by atoms with Crippen LogP contribution in [0, 0.1) is 23.7 Å². The van der Waals surface area contributed by atoms with Gasteiger partial charge in [0.2, 0.25) is 0 Å². The molecule has 0 aliphatic heterocycles. The van der Waals surface area contributed by atoms with Crippen molar-refractivity contribution in [2.24, 2.45) is 23.7 Å². The maximum atomic E-state index is 11.7. The topological polar surface area (TPSA) is 37.3 Å². The average Bonchev–Trinajstić information content (AvgIpc) is 2.63. The van der Waals surface area contributed by atoms with Crippen molar-refractivity contribution < 1.29 is 9.90 Å². The molecule has 0 amide bonds. The van der Waals surface area contributed by atoms with Gasteiger partial charge in [0.1, 0.15) is 5.78 Å². The highest BCUT2D eigenvalue weighted by atomic mass is 16.3. The van der Waals surface area contributed by atoms with E-state index in [1.807, 2.05) is 6.92 Å². The van der Waals surface area contributed by atoms with Crippen molar-refractivity contribution in [2.45, 2.75) is 25.4 Å². The van der Waals surface area contributed by atoms with Crippen LogP contribution in [0.2, 0.25) is 0 Å². The Morgan fingerprint density at radius 2 is 2.15 bits per heavy atom.